The second-order valence-corrected chi connectivity index (χ2v) is 5.80. The highest BCUT2D eigenvalue weighted by molar-refractivity contribution is 5.28. The van der Waals surface area contributed by atoms with E-state index in [0.29, 0.717) is 6.04 Å². The van der Waals surface area contributed by atoms with Gasteiger partial charge in [0.2, 0.25) is 0 Å². The van der Waals surface area contributed by atoms with E-state index in [1.54, 1.807) is 13.3 Å². The summed E-state index contributed by atoms with van der Waals surface area (Å²) >= 11 is 0. The van der Waals surface area contributed by atoms with Crippen molar-refractivity contribution in [2.45, 2.75) is 77.8 Å². The van der Waals surface area contributed by atoms with E-state index < -0.39 is 0 Å². The maximum Gasteiger partial charge on any atom is 0.161 e. The van der Waals surface area contributed by atoms with E-state index in [-0.39, 0.29) is 6.04 Å². The summed E-state index contributed by atoms with van der Waals surface area (Å²) in [6.45, 7) is 6.48. The molecule has 0 saturated carbocycles. The molecule has 4 heteroatoms. The summed E-state index contributed by atoms with van der Waals surface area (Å²) < 4.78 is 7.38. The number of hydrogen-bond donors (Lipinski definition) is 1. The average Bonchev–Trinajstić information content (AvgIpc) is 2.86. The van der Waals surface area contributed by atoms with Gasteiger partial charge in [0, 0.05) is 6.04 Å². The van der Waals surface area contributed by atoms with Gasteiger partial charge in [-0.3, -0.25) is 4.68 Å². The smallest absolute Gasteiger partial charge is 0.161 e. The molecule has 1 aromatic rings. The van der Waals surface area contributed by atoms with Crippen molar-refractivity contribution in [1.82, 2.24) is 9.78 Å². The molecule has 0 fully saturated rings. The Hall–Kier alpha value is -1.03. The summed E-state index contributed by atoms with van der Waals surface area (Å²) in [7, 11) is 1.68. The molecule has 0 saturated heterocycles. The van der Waals surface area contributed by atoms with Crippen LogP contribution in [0, 0.1) is 0 Å². The SMILES string of the molecule is CCCCCCCCC(N)c1c(OC)cnn1C(C)C. The monoisotopic (exact) mass is 281 g/mol. The first-order valence-electron chi connectivity index (χ1n) is 7.98. The Labute approximate surface area is 123 Å². The molecule has 0 bridgehead atoms. The minimum Gasteiger partial charge on any atom is -0.493 e. The fraction of sp³-hybridized carbons (Fsp3) is 0.812. The number of nitrogens with zero attached hydrogens (tertiary/aromatic N) is 2. The predicted molar refractivity (Wildman–Crippen MR) is 84.1 cm³/mol. The fourth-order valence-electron chi connectivity index (χ4n) is 2.56. The molecule has 0 radical (unpaired) electrons. The molecule has 0 aliphatic heterocycles. The third-order valence-electron chi connectivity index (χ3n) is 3.73. The zero-order chi connectivity index (χ0) is 15.0. The van der Waals surface area contributed by atoms with Crippen molar-refractivity contribution in [2.75, 3.05) is 7.11 Å². The van der Waals surface area contributed by atoms with Crippen molar-refractivity contribution in [3.63, 3.8) is 0 Å². The third kappa shape index (κ3) is 4.82. The normalized spacial score (nSPS) is 12.9. The second-order valence-electron chi connectivity index (χ2n) is 5.80. The Kier molecular flexibility index (Phi) is 7.67. The van der Waals surface area contributed by atoms with Gasteiger partial charge in [-0.05, 0) is 20.3 Å². The molecule has 4 nitrogen and oxygen atoms in total. The first kappa shape index (κ1) is 17.0. The fourth-order valence-corrected chi connectivity index (χ4v) is 2.56. The van der Waals surface area contributed by atoms with Crippen LogP contribution in [0.1, 0.15) is 83.5 Å². The van der Waals surface area contributed by atoms with Crippen molar-refractivity contribution in [1.29, 1.82) is 0 Å². The summed E-state index contributed by atoms with van der Waals surface area (Å²) in [5.41, 5.74) is 7.39. The molecule has 0 aliphatic carbocycles. The van der Waals surface area contributed by atoms with E-state index >= 15 is 0 Å². The Morgan fingerprint density at radius 3 is 2.45 bits per heavy atom. The minimum absolute atomic E-state index is 0.0148. The third-order valence-corrected chi connectivity index (χ3v) is 3.73. The molecule has 0 aromatic carbocycles. The lowest BCUT2D eigenvalue weighted by atomic mass is 10.0. The maximum atomic E-state index is 6.35. The van der Waals surface area contributed by atoms with E-state index in [1.165, 1.54) is 38.5 Å². The standard InChI is InChI=1S/C16H31N3O/c1-5-6-7-8-9-10-11-14(17)16-15(20-4)12-18-19(16)13(2)3/h12-14H,5-11,17H2,1-4H3. The number of aromatic nitrogens is 2. The first-order valence-corrected chi connectivity index (χ1v) is 7.98. The van der Waals surface area contributed by atoms with E-state index in [4.69, 9.17) is 10.5 Å². The average molecular weight is 281 g/mol. The highest BCUT2D eigenvalue weighted by atomic mass is 16.5. The Morgan fingerprint density at radius 1 is 1.20 bits per heavy atom. The Balaban J connectivity index is 2.49. The number of nitrogens with two attached hydrogens (primary N) is 1. The van der Waals surface area contributed by atoms with Gasteiger partial charge >= 0.3 is 0 Å². The molecule has 1 atom stereocenters. The topological polar surface area (TPSA) is 53.1 Å². The molecular weight excluding hydrogens is 250 g/mol. The van der Waals surface area contributed by atoms with Gasteiger partial charge in [0.1, 0.15) is 0 Å². The van der Waals surface area contributed by atoms with Gasteiger partial charge < -0.3 is 10.5 Å². The summed E-state index contributed by atoms with van der Waals surface area (Å²) in [5.74, 6) is 0.817. The minimum atomic E-state index is 0.0148. The zero-order valence-corrected chi connectivity index (χ0v) is 13.6. The van der Waals surface area contributed by atoms with Crippen molar-refractivity contribution in [3.8, 4) is 5.75 Å². The molecule has 0 spiro atoms. The summed E-state index contributed by atoms with van der Waals surface area (Å²) in [5, 5.41) is 4.39. The number of rotatable bonds is 10. The summed E-state index contributed by atoms with van der Waals surface area (Å²) in [6, 6.07) is 0.325. The summed E-state index contributed by atoms with van der Waals surface area (Å²) in [6.07, 6.45) is 10.5. The van der Waals surface area contributed by atoms with Gasteiger partial charge in [0.05, 0.1) is 25.0 Å². The van der Waals surface area contributed by atoms with Crippen LogP contribution in [0.3, 0.4) is 0 Å². The summed E-state index contributed by atoms with van der Waals surface area (Å²) in [4.78, 5) is 0. The molecule has 1 unspecified atom stereocenters. The first-order chi connectivity index (χ1) is 9.61. The van der Waals surface area contributed by atoms with Gasteiger partial charge in [0.25, 0.3) is 0 Å². The number of methoxy groups -OCH3 is 1. The lowest BCUT2D eigenvalue weighted by Crippen LogP contribution is -2.18. The van der Waals surface area contributed by atoms with Crippen molar-refractivity contribution < 1.29 is 4.74 Å². The lowest BCUT2D eigenvalue weighted by molar-refractivity contribution is 0.391. The van der Waals surface area contributed by atoms with Crippen molar-refractivity contribution >= 4 is 0 Å². The van der Waals surface area contributed by atoms with Crippen molar-refractivity contribution in [3.05, 3.63) is 11.9 Å². The number of hydrogen-bond acceptors (Lipinski definition) is 3. The van der Waals surface area contributed by atoms with Crippen LogP contribution >= 0.6 is 0 Å². The molecular formula is C16H31N3O. The van der Waals surface area contributed by atoms with Gasteiger partial charge in [0.15, 0.2) is 5.75 Å². The number of ether oxygens (including phenoxy) is 1. The van der Waals surface area contributed by atoms with Gasteiger partial charge in [-0.1, -0.05) is 45.4 Å². The van der Waals surface area contributed by atoms with E-state index in [2.05, 4.69) is 25.9 Å². The molecule has 0 amide bonds. The lowest BCUT2D eigenvalue weighted by Gasteiger charge is -2.18. The largest absolute Gasteiger partial charge is 0.493 e. The van der Waals surface area contributed by atoms with Crippen LogP contribution in [-0.2, 0) is 0 Å². The molecule has 1 aromatic heterocycles. The molecule has 20 heavy (non-hydrogen) atoms. The Morgan fingerprint density at radius 2 is 1.85 bits per heavy atom. The molecule has 116 valence electrons. The zero-order valence-electron chi connectivity index (χ0n) is 13.6. The highest BCUT2D eigenvalue weighted by Crippen LogP contribution is 2.29. The molecule has 1 rings (SSSR count). The highest BCUT2D eigenvalue weighted by Gasteiger charge is 2.19. The van der Waals surface area contributed by atoms with Gasteiger partial charge in [-0.2, -0.15) is 5.10 Å². The second kappa shape index (κ2) is 9.01. The van der Waals surface area contributed by atoms with Crippen LogP contribution in [-0.4, -0.2) is 16.9 Å². The van der Waals surface area contributed by atoms with Gasteiger partial charge in [-0.25, -0.2) is 0 Å². The van der Waals surface area contributed by atoms with E-state index in [9.17, 15) is 0 Å². The maximum absolute atomic E-state index is 6.35. The Bertz CT molecular complexity index is 374. The predicted octanol–water partition coefficient (Wildman–Crippen LogP) is 4.22. The van der Waals surface area contributed by atoms with Crippen molar-refractivity contribution in [2.24, 2.45) is 5.73 Å². The van der Waals surface area contributed by atoms with Gasteiger partial charge in [-0.15, -0.1) is 0 Å². The van der Waals surface area contributed by atoms with Crippen LogP contribution < -0.4 is 10.5 Å². The van der Waals surface area contributed by atoms with Crippen LogP contribution in [0.25, 0.3) is 0 Å². The quantitative estimate of drug-likeness (QED) is 0.653. The van der Waals surface area contributed by atoms with Crippen LogP contribution in [0.5, 0.6) is 5.75 Å². The molecule has 0 aliphatic rings. The number of unbranched alkanes of at least 4 members (excludes halogenated alkanes) is 5. The van der Waals surface area contributed by atoms with E-state index in [0.717, 1.165) is 17.9 Å². The van der Waals surface area contributed by atoms with E-state index in [1.807, 2.05) is 4.68 Å². The van der Waals surface area contributed by atoms with Crippen LogP contribution in [0.15, 0.2) is 6.20 Å². The van der Waals surface area contributed by atoms with Crippen LogP contribution in [0.2, 0.25) is 0 Å². The molecule has 1 heterocycles. The van der Waals surface area contributed by atoms with Crippen LogP contribution in [0.4, 0.5) is 0 Å². The molecule has 2 N–H and O–H groups in total.